The number of aryl methyl sites for hydroxylation is 1. The molecule has 0 amide bonds. The number of hydrogen-bond acceptors (Lipinski definition) is 5. The molecule has 0 aliphatic carbocycles. The van der Waals surface area contributed by atoms with E-state index in [9.17, 15) is 0 Å². The lowest BCUT2D eigenvalue weighted by molar-refractivity contribution is 0.390. The van der Waals surface area contributed by atoms with E-state index >= 15 is 0 Å². The largest absolute Gasteiger partial charge is 0.308 e. The molecule has 15 heavy (non-hydrogen) atoms. The van der Waals surface area contributed by atoms with Crippen molar-refractivity contribution in [2.45, 2.75) is 26.3 Å². The van der Waals surface area contributed by atoms with Gasteiger partial charge in [0, 0.05) is 11.8 Å². The number of hydrazine groups is 1. The lowest BCUT2D eigenvalue weighted by Gasteiger charge is -2.11. The summed E-state index contributed by atoms with van der Waals surface area (Å²) in [6.45, 7) is 2.86. The molecular weight excluding hydrogens is 190 g/mol. The fraction of sp³-hybridized carbons (Fsp3) is 0.600. The number of rotatable bonds is 5. The SMILES string of the molecule is CCCc1cc(NN)nc(CN(C)C)n1. The molecule has 5 heteroatoms. The van der Waals surface area contributed by atoms with Gasteiger partial charge in [0.15, 0.2) is 0 Å². The topological polar surface area (TPSA) is 67.1 Å². The summed E-state index contributed by atoms with van der Waals surface area (Å²) in [5, 5.41) is 0. The third-order valence-corrected chi connectivity index (χ3v) is 1.94. The zero-order valence-corrected chi connectivity index (χ0v) is 9.62. The second kappa shape index (κ2) is 5.63. The van der Waals surface area contributed by atoms with E-state index in [1.165, 1.54) is 0 Å². The lowest BCUT2D eigenvalue weighted by Crippen LogP contribution is -2.17. The van der Waals surface area contributed by atoms with Crippen molar-refractivity contribution < 1.29 is 0 Å². The highest BCUT2D eigenvalue weighted by Crippen LogP contribution is 2.08. The molecule has 84 valence electrons. The first-order valence-corrected chi connectivity index (χ1v) is 5.14. The van der Waals surface area contributed by atoms with Crippen molar-refractivity contribution in [1.82, 2.24) is 14.9 Å². The van der Waals surface area contributed by atoms with Gasteiger partial charge >= 0.3 is 0 Å². The third-order valence-electron chi connectivity index (χ3n) is 1.94. The zero-order valence-electron chi connectivity index (χ0n) is 9.62. The summed E-state index contributed by atoms with van der Waals surface area (Å²) in [4.78, 5) is 10.8. The quantitative estimate of drug-likeness (QED) is 0.554. The van der Waals surface area contributed by atoms with Crippen LogP contribution in [-0.2, 0) is 13.0 Å². The molecule has 0 spiro atoms. The van der Waals surface area contributed by atoms with E-state index < -0.39 is 0 Å². The molecule has 0 aliphatic rings. The molecule has 0 saturated heterocycles. The Morgan fingerprint density at radius 3 is 2.67 bits per heavy atom. The monoisotopic (exact) mass is 209 g/mol. The molecule has 0 aliphatic heterocycles. The summed E-state index contributed by atoms with van der Waals surface area (Å²) in [6.07, 6.45) is 2.03. The van der Waals surface area contributed by atoms with Crippen molar-refractivity contribution in [3.63, 3.8) is 0 Å². The molecule has 0 unspecified atom stereocenters. The van der Waals surface area contributed by atoms with Crippen LogP contribution in [0.1, 0.15) is 24.9 Å². The Labute approximate surface area is 90.7 Å². The highest BCUT2D eigenvalue weighted by molar-refractivity contribution is 5.34. The summed E-state index contributed by atoms with van der Waals surface area (Å²) >= 11 is 0. The average Bonchev–Trinajstić information content (AvgIpc) is 2.16. The van der Waals surface area contributed by atoms with Gasteiger partial charge in [-0.05, 0) is 20.5 Å². The normalized spacial score (nSPS) is 10.7. The minimum Gasteiger partial charge on any atom is -0.308 e. The van der Waals surface area contributed by atoms with Crippen molar-refractivity contribution in [2.75, 3.05) is 19.5 Å². The third kappa shape index (κ3) is 3.81. The molecule has 1 aromatic rings. The Hall–Kier alpha value is -1.20. The maximum Gasteiger partial charge on any atom is 0.145 e. The molecule has 1 aromatic heterocycles. The standard InChI is InChI=1S/C10H19N5/c1-4-5-8-6-9(14-11)13-10(12-8)7-15(2)3/h6H,4-5,7,11H2,1-3H3,(H,12,13,14). The Bertz CT molecular complexity index is 311. The van der Waals surface area contributed by atoms with Crippen molar-refractivity contribution in [3.05, 3.63) is 17.6 Å². The van der Waals surface area contributed by atoms with Crippen LogP contribution in [0.25, 0.3) is 0 Å². The number of nitrogens with zero attached hydrogens (tertiary/aromatic N) is 3. The van der Waals surface area contributed by atoms with E-state index in [4.69, 9.17) is 5.84 Å². The molecule has 0 fully saturated rings. The summed E-state index contributed by atoms with van der Waals surface area (Å²) < 4.78 is 0. The van der Waals surface area contributed by atoms with Gasteiger partial charge in [0.25, 0.3) is 0 Å². The first-order valence-electron chi connectivity index (χ1n) is 5.14. The van der Waals surface area contributed by atoms with E-state index in [0.717, 1.165) is 30.9 Å². The Morgan fingerprint density at radius 1 is 1.40 bits per heavy atom. The van der Waals surface area contributed by atoms with Gasteiger partial charge in [-0.15, -0.1) is 0 Å². The van der Waals surface area contributed by atoms with Crippen LogP contribution in [0.2, 0.25) is 0 Å². The van der Waals surface area contributed by atoms with Crippen molar-refractivity contribution >= 4 is 5.82 Å². The maximum atomic E-state index is 5.36. The molecule has 0 saturated carbocycles. The predicted octanol–water partition coefficient (Wildman–Crippen LogP) is 0.776. The molecule has 3 N–H and O–H groups in total. The van der Waals surface area contributed by atoms with Crippen LogP contribution in [0.3, 0.4) is 0 Å². The number of nitrogen functional groups attached to an aromatic ring is 1. The lowest BCUT2D eigenvalue weighted by atomic mass is 10.2. The zero-order chi connectivity index (χ0) is 11.3. The fourth-order valence-corrected chi connectivity index (χ4v) is 1.36. The van der Waals surface area contributed by atoms with Crippen molar-refractivity contribution in [3.8, 4) is 0 Å². The second-order valence-electron chi connectivity index (χ2n) is 3.79. The molecular formula is C10H19N5. The summed E-state index contributed by atoms with van der Waals surface area (Å²) in [7, 11) is 3.98. The number of nitrogens with one attached hydrogen (secondary N) is 1. The van der Waals surface area contributed by atoms with Crippen LogP contribution in [0.5, 0.6) is 0 Å². The number of aromatic nitrogens is 2. The highest BCUT2D eigenvalue weighted by atomic mass is 15.3. The van der Waals surface area contributed by atoms with Crippen LogP contribution in [0.4, 0.5) is 5.82 Å². The van der Waals surface area contributed by atoms with Crippen LogP contribution < -0.4 is 11.3 Å². The Balaban J connectivity index is 2.89. The van der Waals surface area contributed by atoms with Crippen LogP contribution in [0.15, 0.2) is 6.07 Å². The fourth-order valence-electron chi connectivity index (χ4n) is 1.36. The number of nitrogens with two attached hydrogens (primary N) is 1. The van der Waals surface area contributed by atoms with Crippen molar-refractivity contribution in [2.24, 2.45) is 5.84 Å². The molecule has 0 bridgehead atoms. The van der Waals surface area contributed by atoms with Gasteiger partial charge in [-0.3, -0.25) is 0 Å². The molecule has 5 nitrogen and oxygen atoms in total. The van der Waals surface area contributed by atoms with Crippen LogP contribution in [-0.4, -0.2) is 29.0 Å². The van der Waals surface area contributed by atoms with Crippen molar-refractivity contribution in [1.29, 1.82) is 0 Å². The summed E-state index contributed by atoms with van der Waals surface area (Å²) in [5.41, 5.74) is 3.61. The van der Waals surface area contributed by atoms with E-state index in [1.54, 1.807) is 0 Å². The molecule has 0 aromatic carbocycles. The molecule has 1 heterocycles. The smallest absolute Gasteiger partial charge is 0.145 e. The van der Waals surface area contributed by atoms with Gasteiger partial charge < -0.3 is 10.3 Å². The van der Waals surface area contributed by atoms with E-state index in [1.807, 2.05) is 25.1 Å². The van der Waals surface area contributed by atoms with E-state index in [2.05, 4.69) is 22.3 Å². The summed E-state index contributed by atoms with van der Waals surface area (Å²) in [5.74, 6) is 6.85. The van der Waals surface area contributed by atoms with E-state index in [0.29, 0.717) is 5.82 Å². The van der Waals surface area contributed by atoms with Gasteiger partial charge in [-0.1, -0.05) is 13.3 Å². The minimum atomic E-state index is 0.685. The van der Waals surface area contributed by atoms with Crippen LogP contribution >= 0.6 is 0 Å². The van der Waals surface area contributed by atoms with Gasteiger partial charge in [0.05, 0.1) is 6.54 Å². The van der Waals surface area contributed by atoms with Gasteiger partial charge in [0.2, 0.25) is 0 Å². The number of anilines is 1. The highest BCUT2D eigenvalue weighted by Gasteiger charge is 2.04. The van der Waals surface area contributed by atoms with Crippen LogP contribution in [0, 0.1) is 0 Å². The first kappa shape index (κ1) is 11.9. The Kier molecular flexibility index (Phi) is 4.45. The number of hydrogen-bond donors (Lipinski definition) is 2. The van der Waals surface area contributed by atoms with E-state index in [-0.39, 0.29) is 0 Å². The second-order valence-corrected chi connectivity index (χ2v) is 3.79. The maximum absolute atomic E-state index is 5.36. The predicted molar refractivity (Wildman–Crippen MR) is 61.2 cm³/mol. The first-order chi connectivity index (χ1) is 7.15. The molecule has 0 atom stereocenters. The van der Waals surface area contributed by atoms with Gasteiger partial charge in [-0.2, -0.15) is 0 Å². The minimum absolute atomic E-state index is 0.685. The van der Waals surface area contributed by atoms with Gasteiger partial charge in [-0.25, -0.2) is 15.8 Å². The Morgan fingerprint density at radius 2 is 2.13 bits per heavy atom. The molecule has 1 rings (SSSR count). The average molecular weight is 209 g/mol. The molecule has 0 radical (unpaired) electrons. The van der Waals surface area contributed by atoms with Gasteiger partial charge in [0.1, 0.15) is 11.6 Å². The summed E-state index contributed by atoms with van der Waals surface area (Å²) in [6, 6.07) is 1.89.